The number of rotatable bonds is 8. The SMILES string of the molecule is CC(=O)Nc1cccc(N(CCC(=O)NCCC(C)C)C(C)=O)c1. The van der Waals surface area contributed by atoms with Crippen LogP contribution in [0.2, 0.25) is 0 Å². The highest BCUT2D eigenvalue weighted by Gasteiger charge is 2.14. The van der Waals surface area contributed by atoms with Gasteiger partial charge in [0.25, 0.3) is 0 Å². The van der Waals surface area contributed by atoms with Crippen molar-refractivity contribution in [2.45, 2.75) is 40.5 Å². The molecule has 0 atom stereocenters. The second-order valence-corrected chi connectivity index (χ2v) is 6.18. The zero-order valence-electron chi connectivity index (χ0n) is 14.9. The van der Waals surface area contributed by atoms with E-state index in [0.29, 0.717) is 30.4 Å². The highest BCUT2D eigenvalue weighted by atomic mass is 16.2. The van der Waals surface area contributed by atoms with Gasteiger partial charge < -0.3 is 15.5 Å². The van der Waals surface area contributed by atoms with Gasteiger partial charge in [-0.05, 0) is 30.5 Å². The number of anilines is 2. The largest absolute Gasteiger partial charge is 0.356 e. The van der Waals surface area contributed by atoms with E-state index in [1.807, 2.05) is 0 Å². The Balaban J connectivity index is 2.66. The molecule has 6 nitrogen and oxygen atoms in total. The molecule has 1 rings (SSSR count). The highest BCUT2D eigenvalue weighted by Crippen LogP contribution is 2.20. The van der Waals surface area contributed by atoms with Gasteiger partial charge in [-0.25, -0.2) is 0 Å². The minimum absolute atomic E-state index is 0.0695. The molecular formula is C18H27N3O3. The maximum absolute atomic E-state index is 11.9. The van der Waals surface area contributed by atoms with Gasteiger partial charge in [0.15, 0.2) is 0 Å². The molecule has 24 heavy (non-hydrogen) atoms. The molecule has 1 aromatic carbocycles. The Morgan fingerprint density at radius 1 is 1.17 bits per heavy atom. The van der Waals surface area contributed by atoms with Gasteiger partial charge in [0.1, 0.15) is 0 Å². The summed E-state index contributed by atoms with van der Waals surface area (Å²) in [5.41, 5.74) is 1.27. The number of carbonyl (C=O) groups is 3. The number of nitrogens with one attached hydrogen (secondary N) is 2. The fraction of sp³-hybridized carbons (Fsp3) is 0.500. The first kappa shape index (κ1) is 19.7. The zero-order valence-corrected chi connectivity index (χ0v) is 14.9. The smallest absolute Gasteiger partial charge is 0.223 e. The Morgan fingerprint density at radius 3 is 2.46 bits per heavy atom. The summed E-state index contributed by atoms with van der Waals surface area (Å²) in [6.07, 6.45) is 1.17. The topological polar surface area (TPSA) is 78.5 Å². The van der Waals surface area contributed by atoms with Crippen LogP contribution in [0.5, 0.6) is 0 Å². The number of benzene rings is 1. The molecule has 0 unspecified atom stereocenters. The van der Waals surface area contributed by atoms with Gasteiger partial charge in [-0.15, -0.1) is 0 Å². The maximum Gasteiger partial charge on any atom is 0.223 e. The van der Waals surface area contributed by atoms with Crippen LogP contribution in [-0.4, -0.2) is 30.8 Å². The van der Waals surface area contributed by atoms with Crippen LogP contribution in [0.4, 0.5) is 11.4 Å². The van der Waals surface area contributed by atoms with Crippen LogP contribution in [0.15, 0.2) is 24.3 Å². The van der Waals surface area contributed by atoms with Gasteiger partial charge in [0, 0.05) is 44.7 Å². The first-order chi connectivity index (χ1) is 11.3. The van der Waals surface area contributed by atoms with Gasteiger partial charge in [-0.3, -0.25) is 14.4 Å². The molecule has 0 fully saturated rings. The molecule has 0 aromatic heterocycles. The molecule has 0 saturated carbocycles. The molecular weight excluding hydrogens is 306 g/mol. The van der Waals surface area contributed by atoms with Gasteiger partial charge >= 0.3 is 0 Å². The van der Waals surface area contributed by atoms with E-state index < -0.39 is 0 Å². The summed E-state index contributed by atoms with van der Waals surface area (Å²) < 4.78 is 0. The Morgan fingerprint density at radius 2 is 1.88 bits per heavy atom. The summed E-state index contributed by atoms with van der Waals surface area (Å²) in [6.45, 7) is 8.04. The number of hydrogen-bond acceptors (Lipinski definition) is 3. The fourth-order valence-electron chi connectivity index (χ4n) is 2.23. The van der Waals surface area contributed by atoms with Crippen LogP contribution in [0.25, 0.3) is 0 Å². The van der Waals surface area contributed by atoms with Gasteiger partial charge in [-0.2, -0.15) is 0 Å². The molecule has 2 N–H and O–H groups in total. The third-order valence-electron chi connectivity index (χ3n) is 3.46. The number of amides is 3. The maximum atomic E-state index is 11.9. The number of nitrogens with zero attached hydrogens (tertiary/aromatic N) is 1. The number of hydrogen-bond donors (Lipinski definition) is 2. The van der Waals surface area contributed by atoms with Crippen LogP contribution in [0.1, 0.15) is 40.5 Å². The molecule has 0 saturated heterocycles. The molecule has 0 spiro atoms. The van der Waals surface area contributed by atoms with E-state index >= 15 is 0 Å². The molecule has 0 aliphatic rings. The Labute approximate surface area is 143 Å². The highest BCUT2D eigenvalue weighted by molar-refractivity contribution is 5.94. The quantitative estimate of drug-likeness (QED) is 0.767. The minimum Gasteiger partial charge on any atom is -0.356 e. The third-order valence-corrected chi connectivity index (χ3v) is 3.46. The van der Waals surface area contributed by atoms with Gasteiger partial charge in [-0.1, -0.05) is 19.9 Å². The van der Waals surface area contributed by atoms with Crippen LogP contribution in [0, 0.1) is 5.92 Å². The van der Waals surface area contributed by atoms with E-state index in [2.05, 4.69) is 24.5 Å². The number of carbonyl (C=O) groups excluding carboxylic acids is 3. The fourth-order valence-corrected chi connectivity index (χ4v) is 2.23. The van der Waals surface area contributed by atoms with Crippen molar-refractivity contribution >= 4 is 29.1 Å². The zero-order chi connectivity index (χ0) is 18.1. The Bertz CT molecular complexity index is 585. The minimum atomic E-state index is -0.175. The summed E-state index contributed by atoms with van der Waals surface area (Å²) >= 11 is 0. The van der Waals surface area contributed by atoms with Crippen molar-refractivity contribution in [3.63, 3.8) is 0 Å². The second kappa shape index (κ2) is 9.70. The van der Waals surface area contributed by atoms with E-state index in [4.69, 9.17) is 0 Å². The van der Waals surface area contributed by atoms with E-state index in [0.717, 1.165) is 6.42 Å². The van der Waals surface area contributed by atoms with Crippen LogP contribution < -0.4 is 15.5 Å². The standard InChI is InChI=1S/C18H27N3O3/c1-13(2)8-10-19-18(24)9-11-21(15(4)23)17-7-5-6-16(12-17)20-14(3)22/h5-7,12-13H,8-11H2,1-4H3,(H,19,24)(H,20,22). The lowest BCUT2D eigenvalue weighted by atomic mass is 10.1. The first-order valence-electron chi connectivity index (χ1n) is 8.22. The van der Waals surface area contributed by atoms with Crippen molar-refractivity contribution in [1.29, 1.82) is 0 Å². The average Bonchev–Trinajstić information content (AvgIpc) is 2.46. The van der Waals surface area contributed by atoms with Crippen LogP contribution >= 0.6 is 0 Å². The molecule has 0 aliphatic heterocycles. The third kappa shape index (κ3) is 7.26. The lowest BCUT2D eigenvalue weighted by molar-refractivity contribution is -0.121. The summed E-state index contributed by atoms with van der Waals surface area (Å²) in [5, 5.41) is 5.55. The van der Waals surface area contributed by atoms with E-state index in [1.54, 1.807) is 24.3 Å². The van der Waals surface area contributed by atoms with Crippen molar-refractivity contribution in [1.82, 2.24) is 5.32 Å². The molecule has 6 heteroatoms. The van der Waals surface area contributed by atoms with Crippen molar-refractivity contribution in [3.05, 3.63) is 24.3 Å². The van der Waals surface area contributed by atoms with Crippen LogP contribution in [-0.2, 0) is 14.4 Å². The monoisotopic (exact) mass is 333 g/mol. The molecule has 0 radical (unpaired) electrons. The van der Waals surface area contributed by atoms with E-state index in [-0.39, 0.29) is 24.1 Å². The Hall–Kier alpha value is -2.37. The summed E-state index contributed by atoms with van der Waals surface area (Å²) in [4.78, 5) is 36.5. The van der Waals surface area contributed by atoms with Crippen molar-refractivity contribution in [3.8, 4) is 0 Å². The molecule has 1 aromatic rings. The van der Waals surface area contributed by atoms with Gasteiger partial charge in [0.2, 0.25) is 17.7 Å². The summed E-state index contributed by atoms with van der Waals surface area (Å²) in [6, 6.07) is 7.02. The van der Waals surface area contributed by atoms with E-state index in [1.165, 1.54) is 18.7 Å². The molecule has 0 bridgehead atoms. The summed E-state index contributed by atoms with van der Waals surface area (Å²) in [7, 11) is 0. The van der Waals surface area contributed by atoms with Gasteiger partial charge in [0.05, 0.1) is 0 Å². The predicted molar refractivity (Wildman–Crippen MR) is 95.9 cm³/mol. The molecule has 132 valence electrons. The Kier molecular flexibility index (Phi) is 7.95. The molecule has 3 amide bonds. The predicted octanol–water partition coefficient (Wildman–Crippen LogP) is 2.55. The van der Waals surface area contributed by atoms with Crippen molar-refractivity contribution in [2.24, 2.45) is 5.92 Å². The van der Waals surface area contributed by atoms with Crippen LogP contribution in [0.3, 0.4) is 0 Å². The molecule has 0 heterocycles. The summed E-state index contributed by atoms with van der Waals surface area (Å²) in [5.74, 6) is 0.145. The first-order valence-corrected chi connectivity index (χ1v) is 8.22. The molecule has 0 aliphatic carbocycles. The van der Waals surface area contributed by atoms with Crippen molar-refractivity contribution in [2.75, 3.05) is 23.3 Å². The van der Waals surface area contributed by atoms with E-state index in [9.17, 15) is 14.4 Å². The lowest BCUT2D eigenvalue weighted by Gasteiger charge is -2.21. The van der Waals surface area contributed by atoms with Crippen molar-refractivity contribution < 1.29 is 14.4 Å². The average molecular weight is 333 g/mol. The normalized spacial score (nSPS) is 10.4. The second-order valence-electron chi connectivity index (χ2n) is 6.18. The lowest BCUT2D eigenvalue weighted by Crippen LogP contribution is -2.34.